The van der Waals surface area contributed by atoms with Gasteiger partial charge in [-0.3, -0.25) is 4.90 Å². The van der Waals surface area contributed by atoms with E-state index < -0.39 is 0 Å². The van der Waals surface area contributed by atoms with Crippen LogP contribution in [0, 0.1) is 11.8 Å². The molecule has 106 valence electrons. The minimum Gasteiger partial charge on any atom is -0.398 e. The molecule has 1 aromatic carbocycles. The number of nitrogens with two attached hydrogens (primary N) is 1. The summed E-state index contributed by atoms with van der Waals surface area (Å²) in [5, 5.41) is 0. The van der Waals surface area contributed by atoms with Crippen LogP contribution in [0.2, 0.25) is 0 Å². The Hall–Kier alpha value is -0.540. The van der Waals surface area contributed by atoms with Gasteiger partial charge in [0.25, 0.3) is 0 Å². The van der Waals surface area contributed by atoms with Gasteiger partial charge < -0.3 is 5.73 Å². The van der Waals surface area contributed by atoms with Crippen molar-refractivity contribution in [2.45, 2.75) is 39.7 Å². The zero-order chi connectivity index (χ0) is 13.8. The van der Waals surface area contributed by atoms with E-state index in [0.717, 1.165) is 28.5 Å². The van der Waals surface area contributed by atoms with Gasteiger partial charge in [0.1, 0.15) is 0 Å². The molecule has 1 unspecified atom stereocenters. The van der Waals surface area contributed by atoms with Crippen LogP contribution in [0.25, 0.3) is 0 Å². The van der Waals surface area contributed by atoms with Crippen molar-refractivity contribution in [1.82, 2.24) is 4.90 Å². The number of hydrogen-bond acceptors (Lipinski definition) is 2. The summed E-state index contributed by atoms with van der Waals surface area (Å²) in [5.41, 5.74) is 8.12. The first kappa shape index (κ1) is 14.9. The molecular weight excluding hydrogens is 300 g/mol. The summed E-state index contributed by atoms with van der Waals surface area (Å²) in [4.78, 5) is 2.57. The number of anilines is 1. The lowest BCUT2D eigenvalue weighted by Crippen LogP contribution is -2.24. The van der Waals surface area contributed by atoms with Crippen molar-refractivity contribution < 1.29 is 0 Å². The number of benzene rings is 1. The van der Waals surface area contributed by atoms with Crippen molar-refractivity contribution in [1.29, 1.82) is 0 Å². The third-order valence-corrected chi connectivity index (χ3v) is 5.00. The first-order chi connectivity index (χ1) is 9.06. The molecule has 1 atom stereocenters. The monoisotopic (exact) mass is 324 g/mol. The van der Waals surface area contributed by atoms with Gasteiger partial charge in [-0.05, 0) is 77.8 Å². The zero-order valence-electron chi connectivity index (χ0n) is 12.0. The molecule has 0 amide bonds. The topological polar surface area (TPSA) is 29.3 Å². The lowest BCUT2D eigenvalue weighted by molar-refractivity contribution is 0.265. The van der Waals surface area contributed by atoms with Crippen molar-refractivity contribution in [2.24, 2.45) is 11.8 Å². The molecule has 0 radical (unpaired) electrons. The molecule has 2 nitrogen and oxygen atoms in total. The van der Waals surface area contributed by atoms with E-state index in [-0.39, 0.29) is 0 Å². The van der Waals surface area contributed by atoms with Gasteiger partial charge in [0.2, 0.25) is 0 Å². The van der Waals surface area contributed by atoms with Crippen LogP contribution >= 0.6 is 15.9 Å². The van der Waals surface area contributed by atoms with Gasteiger partial charge in [-0.15, -0.1) is 0 Å². The summed E-state index contributed by atoms with van der Waals surface area (Å²) < 4.78 is 0.993. The van der Waals surface area contributed by atoms with Crippen molar-refractivity contribution >= 4 is 21.6 Å². The Balaban J connectivity index is 1.94. The summed E-state index contributed by atoms with van der Waals surface area (Å²) >= 11 is 3.45. The van der Waals surface area contributed by atoms with Crippen LogP contribution in [0.4, 0.5) is 5.69 Å². The van der Waals surface area contributed by atoms with E-state index in [1.165, 1.54) is 37.9 Å². The highest BCUT2D eigenvalue weighted by Crippen LogP contribution is 2.26. The van der Waals surface area contributed by atoms with E-state index in [2.05, 4.69) is 52.9 Å². The van der Waals surface area contributed by atoms with Crippen molar-refractivity contribution in [3.63, 3.8) is 0 Å². The number of nitrogen functional groups attached to an aromatic ring is 1. The Kier molecular flexibility index (Phi) is 5.28. The second-order valence-electron chi connectivity index (χ2n) is 6.07. The molecule has 0 aromatic heterocycles. The van der Waals surface area contributed by atoms with Crippen LogP contribution < -0.4 is 5.73 Å². The van der Waals surface area contributed by atoms with E-state index in [0.29, 0.717) is 0 Å². The maximum absolute atomic E-state index is 5.95. The summed E-state index contributed by atoms with van der Waals surface area (Å²) in [6.07, 6.45) is 4.05. The van der Waals surface area contributed by atoms with Crippen LogP contribution in [0.5, 0.6) is 0 Å². The second-order valence-corrected chi connectivity index (χ2v) is 6.92. The zero-order valence-corrected chi connectivity index (χ0v) is 13.6. The molecular formula is C16H25BrN2. The normalized spacial score (nSPS) is 21.6. The predicted octanol–water partition coefficient (Wildman–Crippen LogP) is 4.29. The molecule has 1 aromatic rings. The SMILES string of the molecule is CC(C)C1CCCN(Cc2ccc(Br)c(N)c2)CC1. The first-order valence-corrected chi connectivity index (χ1v) is 8.12. The molecule has 2 rings (SSSR count). The summed E-state index contributed by atoms with van der Waals surface area (Å²) in [6, 6.07) is 6.32. The highest BCUT2D eigenvalue weighted by Gasteiger charge is 2.19. The second kappa shape index (κ2) is 6.76. The van der Waals surface area contributed by atoms with Crippen molar-refractivity contribution in [2.75, 3.05) is 18.8 Å². The molecule has 1 aliphatic heterocycles. The third kappa shape index (κ3) is 4.22. The smallest absolute Gasteiger partial charge is 0.0461 e. The number of rotatable bonds is 3. The number of halogens is 1. The van der Waals surface area contributed by atoms with Gasteiger partial charge in [-0.2, -0.15) is 0 Å². The van der Waals surface area contributed by atoms with Crippen LogP contribution in [0.1, 0.15) is 38.7 Å². The Labute approximate surface area is 125 Å². The van der Waals surface area contributed by atoms with E-state index in [4.69, 9.17) is 5.73 Å². The van der Waals surface area contributed by atoms with Gasteiger partial charge in [0.15, 0.2) is 0 Å². The van der Waals surface area contributed by atoms with Gasteiger partial charge in [-0.1, -0.05) is 19.9 Å². The molecule has 0 spiro atoms. The fraction of sp³-hybridized carbons (Fsp3) is 0.625. The minimum atomic E-state index is 0.822. The Morgan fingerprint density at radius 1 is 1.32 bits per heavy atom. The standard InChI is InChI=1S/C16H25BrN2/c1-12(2)14-4-3-8-19(9-7-14)11-13-5-6-15(17)16(18)10-13/h5-6,10,12,14H,3-4,7-9,11,18H2,1-2H3. The maximum Gasteiger partial charge on any atom is 0.0461 e. The average molecular weight is 325 g/mol. The van der Waals surface area contributed by atoms with E-state index in [9.17, 15) is 0 Å². The predicted molar refractivity (Wildman–Crippen MR) is 86.0 cm³/mol. The third-order valence-electron chi connectivity index (χ3n) is 4.27. The number of hydrogen-bond donors (Lipinski definition) is 1. The highest BCUT2D eigenvalue weighted by atomic mass is 79.9. The lowest BCUT2D eigenvalue weighted by atomic mass is 9.89. The molecule has 1 aliphatic rings. The molecule has 0 bridgehead atoms. The van der Waals surface area contributed by atoms with Crippen LogP contribution in [0.3, 0.4) is 0 Å². The van der Waals surface area contributed by atoms with E-state index in [1.807, 2.05) is 0 Å². The Morgan fingerprint density at radius 2 is 2.11 bits per heavy atom. The van der Waals surface area contributed by atoms with Crippen LogP contribution in [0.15, 0.2) is 22.7 Å². The van der Waals surface area contributed by atoms with Gasteiger partial charge in [-0.25, -0.2) is 0 Å². The lowest BCUT2D eigenvalue weighted by Gasteiger charge is -2.21. The van der Waals surface area contributed by atoms with E-state index >= 15 is 0 Å². The fourth-order valence-electron chi connectivity index (χ4n) is 2.96. The number of likely N-dealkylation sites (tertiary alicyclic amines) is 1. The van der Waals surface area contributed by atoms with Gasteiger partial charge >= 0.3 is 0 Å². The fourth-order valence-corrected chi connectivity index (χ4v) is 3.20. The summed E-state index contributed by atoms with van der Waals surface area (Å²) in [5.74, 6) is 1.73. The first-order valence-electron chi connectivity index (χ1n) is 7.32. The molecule has 2 N–H and O–H groups in total. The largest absolute Gasteiger partial charge is 0.398 e. The van der Waals surface area contributed by atoms with Crippen LogP contribution in [-0.4, -0.2) is 18.0 Å². The van der Waals surface area contributed by atoms with Gasteiger partial charge in [0, 0.05) is 16.7 Å². The van der Waals surface area contributed by atoms with E-state index in [1.54, 1.807) is 0 Å². The summed E-state index contributed by atoms with van der Waals surface area (Å²) in [6.45, 7) is 8.19. The Morgan fingerprint density at radius 3 is 2.79 bits per heavy atom. The maximum atomic E-state index is 5.95. The molecule has 1 fully saturated rings. The molecule has 1 heterocycles. The molecule has 19 heavy (non-hydrogen) atoms. The minimum absolute atomic E-state index is 0.822. The number of nitrogens with zero attached hydrogens (tertiary/aromatic N) is 1. The van der Waals surface area contributed by atoms with Crippen molar-refractivity contribution in [3.05, 3.63) is 28.2 Å². The summed E-state index contributed by atoms with van der Waals surface area (Å²) in [7, 11) is 0. The average Bonchev–Trinajstić information content (AvgIpc) is 2.59. The quantitative estimate of drug-likeness (QED) is 0.840. The Bertz CT molecular complexity index is 417. The molecule has 3 heteroatoms. The molecule has 1 saturated heterocycles. The molecule has 0 aliphatic carbocycles. The van der Waals surface area contributed by atoms with Crippen LogP contribution in [-0.2, 0) is 6.54 Å². The highest BCUT2D eigenvalue weighted by molar-refractivity contribution is 9.10. The van der Waals surface area contributed by atoms with Crippen molar-refractivity contribution in [3.8, 4) is 0 Å². The van der Waals surface area contributed by atoms with Gasteiger partial charge in [0.05, 0.1) is 0 Å². The molecule has 0 saturated carbocycles.